The van der Waals surface area contributed by atoms with Crippen LogP contribution in [0.5, 0.6) is 40.2 Å². The van der Waals surface area contributed by atoms with Crippen LogP contribution in [-0.4, -0.2) is 52.3 Å². The van der Waals surface area contributed by atoms with Gasteiger partial charge in [0, 0.05) is 12.1 Å². The van der Waals surface area contributed by atoms with Gasteiger partial charge in [-0.2, -0.15) is 0 Å². The number of hydrogen-bond donors (Lipinski definition) is 4. The molecule has 4 aromatic rings. The lowest BCUT2D eigenvalue weighted by atomic mass is 10.0. The van der Waals surface area contributed by atoms with Gasteiger partial charge >= 0.3 is 0 Å². The lowest BCUT2D eigenvalue weighted by Gasteiger charge is -2.11. The van der Waals surface area contributed by atoms with E-state index in [2.05, 4.69) is 6.92 Å². The first-order valence-corrected chi connectivity index (χ1v) is 16.2. The summed E-state index contributed by atoms with van der Waals surface area (Å²) in [6, 6.07) is 19.8. The Morgan fingerprint density at radius 2 is 1.02 bits per heavy atom. The van der Waals surface area contributed by atoms with Crippen LogP contribution >= 0.6 is 0 Å². The van der Waals surface area contributed by atoms with Gasteiger partial charge in [0.1, 0.15) is 40.2 Å². The van der Waals surface area contributed by atoms with Crippen LogP contribution in [0.1, 0.15) is 83.4 Å². The first kappa shape index (κ1) is 37.3. The third-order valence-electron chi connectivity index (χ3n) is 7.63. The van der Waals surface area contributed by atoms with Crippen LogP contribution in [0.15, 0.2) is 72.8 Å². The molecule has 0 saturated carbocycles. The number of aryl methyl sites for hydroxylation is 3. The number of rotatable bonds is 16. The Morgan fingerprint density at radius 3 is 1.48 bits per heavy atom. The molecule has 0 aromatic heterocycles. The number of benzene rings is 4. The fourth-order valence-corrected chi connectivity index (χ4v) is 4.86. The fraction of sp³-hybridized carbons (Fsp3) is 0.333. The number of carbonyl (C=O) groups excluding carboxylic acids is 2. The number of ketones is 2. The molecule has 4 N–H and O–H groups in total. The molecule has 0 aliphatic heterocycles. The summed E-state index contributed by atoms with van der Waals surface area (Å²) in [5.74, 6) is 0.749. The molecule has 0 unspecified atom stereocenters. The van der Waals surface area contributed by atoms with Crippen molar-refractivity contribution in [3.63, 3.8) is 0 Å². The Kier molecular flexibility index (Phi) is 14.6. The normalized spacial score (nSPS) is 10.5. The van der Waals surface area contributed by atoms with E-state index in [-0.39, 0.29) is 58.9 Å². The van der Waals surface area contributed by atoms with E-state index in [1.54, 1.807) is 49.6 Å². The number of ether oxygens (including phenoxy) is 3. The number of phenols is 4. The first-order valence-electron chi connectivity index (χ1n) is 16.2. The van der Waals surface area contributed by atoms with Gasteiger partial charge in [-0.05, 0) is 85.8 Å². The molecule has 4 rings (SSSR count). The van der Waals surface area contributed by atoms with Gasteiger partial charge in [0.2, 0.25) is 11.6 Å². The smallest absolute Gasteiger partial charge is 0.203 e. The molecule has 48 heavy (non-hydrogen) atoms. The third-order valence-corrected chi connectivity index (χ3v) is 7.63. The van der Waals surface area contributed by atoms with Gasteiger partial charge in [0.25, 0.3) is 0 Å². The third kappa shape index (κ3) is 11.3. The number of Topliss-reactive ketones (excluding diaryl/α,β-unsaturated/α-hetero) is 2. The van der Waals surface area contributed by atoms with E-state index in [1.165, 1.54) is 18.2 Å². The number of unbranched alkanes of at least 4 members (excludes halogenated alkanes) is 3. The van der Waals surface area contributed by atoms with Crippen molar-refractivity contribution in [2.24, 2.45) is 0 Å². The van der Waals surface area contributed by atoms with Crippen LogP contribution < -0.4 is 14.2 Å². The lowest BCUT2D eigenvalue weighted by Crippen LogP contribution is -2.12. The second-order valence-corrected chi connectivity index (χ2v) is 11.5. The van der Waals surface area contributed by atoms with Crippen molar-refractivity contribution in [2.45, 2.75) is 65.7 Å². The average molecular weight is 659 g/mol. The van der Waals surface area contributed by atoms with E-state index in [4.69, 9.17) is 14.2 Å². The Bertz CT molecular complexity index is 1630. The molecule has 0 fully saturated rings. The van der Waals surface area contributed by atoms with Crippen LogP contribution in [-0.2, 0) is 12.8 Å². The first-order chi connectivity index (χ1) is 23.1. The van der Waals surface area contributed by atoms with Crippen LogP contribution in [0.3, 0.4) is 0 Å². The van der Waals surface area contributed by atoms with Crippen molar-refractivity contribution in [3.05, 3.63) is 101 Å². The molecule has 0 aliphatic rings. The fourth-order valence-electron chi connectivity index (χ4n) is 4.86. The SMILES string of the molecule is CCCCCCc1cc(C(=O)COc2ccc(OC)cc2)c(O)cc1O.CCCc1cc(C(=O)COc2ccc(C)cc2)c(O)cc1O. The van der Waals surface area contributed by atoms with Crippen molar-refractivity contribution < 1.29 is 44.2 Å². The van der Waals surface area contributed by atoms with E-state index in [9.17, 15) is 30.0 Å². The molecule has 0 aliphatic carbocycles. The Balaban J connectivity index is 0.000000264. The van der Waals surface area contributed by atoms with Gasteiger partial charge in [-0.3, -0.25) is 9.59 Å². The van der Waals surface area contributed by atoms with Crippen molar-refractivity contribution in [3.8, 4) is 40.2 Å². The van der Waals surface area contributed by atoms with Crippen LogP contribution in [0.4, 0.5) is 0 Å². The van der Waals surface area contributed by atoms with Crippen LogP contribution in [0.2, 0.25) is 0 Å². The highest BCUT2D eigenvalue weighted by Crippen LogP contribution is 2.30. The minimum Gasteiger partial charge on any atom is -0.508 e. The van der Waals surface area contributed by atoms with Gasteiger partial charge in [0.15, 0.2) is 13.2 Å². The van der Waals surface area contributed by atoms with E-state index >= 15 is 0 Å². The predicted octanol–water partition coefficient (Wildman–Crippen LogP) is 8.11. The molecule has 4 aromatic carbocycles. The molecule has 0 atom stereocenters. The maximum Gasteiger partial charge on any atom is 0.203 e. The summed E-state index contributed by atoms with van der Waals surface area (Å²) in [5.41, 5.74) is 2.78. The Labute approximate surface area is 282 Å². The molecule has 0 bridgehead atoms. The molecule has 0 saturated heterocycles. The number of aromatic hydroxyl groups is 4. The quantitative estimate of drug-likeness (QED) is 0.0693. The molecule has 256 valence electrons. The summed E-state index contributed by atoms with van der Waals surface area (Å²) in [7, 11) is 1.58. The topological polar surface area (TPSA) is 143 Å². The van der Waals surface area contributed by atoms with E-state index in [1.807, 2.05) is 26.0 Å². The van der Waals surface area contributed by atoms with Crippen molar-refractivity contribution in [1.29, 1.82) is 0 Å². The van der Waals surface area contributed by atoms with Crippen LogP contribution in [0, 0.1) is 6.92 Å². The summed E-state index contributed by atoms with van der Waals surface area (Å²) in [6.45, 7) is 5.73. The van der Waals surface area contributed by atoms with Gasteiger partial charge in [0.05, 0.1) is 18.2 Å². The van der Waals surface area contributed by atoms with Gasteiger partial charge in [-0.15, -0.1) is 0 Å². The second kappa shape index (κ2) is 18.8. The minimum atomic E-state index is -0.340. The largest absolute Gasteiger partial charge is 0.508 e. The summed E-state index contributed by atoms with van der Waals surface area (Å²) in [4.78, 5) is 24.6. The summed E-state index contributed by atoms with van der Waals surface area (Å²) in [6.07, 6.45) is 6.43. The molecular weight excluding hydrogens is 612 g/mol. The van der Waals surface area contributed by atoms with Gasteiger partial charge in [-0.1, -0.05) is 57.2 Å². The Hall–Kier alpha value is -5.18. The maximum atomic E-state index is 12.4. The zero-order valence-corrected chi connectivity index (χ0v) is 28.1. The standard InChI is InChI=1S/C21H26O5.C18H20O4/c1-3-4-5-6-7-15-12-18(20(23)13-19(15)22)21(24)14-26-17-10-8-16(25-2)9-11-17;1-3-4-13-9-15(17(20)10-16(13)19)18(21)11-22-14-7-5-12(2)6-8-14/h8-13,22-23H,3-7,14H2,1-2H3;5-10,19-20H,3-4,11H2,1-2H3. The van der Waals surface area contributed by atoms with Crippen molar-refractivity contribution in [1.82, 2.24) is 0 Å². The van der Waals surface area contributed by atoms with E-state index in [0.717, 1.165) is 37.7 Å². The molecule has 0 amide bonds. The molecule has 9 heteroatoms. The number of carbonyl (C=O) groups is 2. The summed E-state index contributed by atoms with van der Waals surface area (Å²) < 4.78 is 16.0. The molecular formula is C39H46O9. The highest BCUT2D eigenvalue weighted by Gasteiger charge is 2.17. The molecule has 0 spiro atoms. The maximum absolute atomic E-state index is 12.4. The minimum absolute atomic E-state index is 0.00959. The number of hydrogen-bond acceptors (Lipinski definition) is 9. The average Bonchev–Trinajstić information content (AvgIpc) is 3.07. The second-order valence-electron chi connectivity index (χ2n) is 11.5. The highest BCUT2D eigenvalue weighted by molar-refractivity contribution is 6.00. The molecule has 9 nitrogen and oxygen atoms in total. The van der Waals surface area contributed by atoms with Crippen molar-refractivity contribution in [2.75, 3.05) is 20.3 Å². The summed E-state index contributed by atoms with van der Waals surface area (Å²) >= 11 is 0. The van der Waals surface area contributed by atoms with E-state index in [0.29, 0.717) is 41.2 Å². The highest BCUT2D eigenvalue weighted by atomic mass is 16.5. The Morgan fingerprint density at radius 1 is 0.562 bits per heavy atom. The number of methoxy groups -OCH3 is 1. The number of phenolic OH excluding ortho intramolecular Hbond substituents is 4. The zero-order chi connectivity index (χ0) is 35.1. The van der Waals surface area contributed by atoms with Crippen molar-refractivity contribution >= 4 is 11.6 Å². The van der Waals surface area contributed by atoms with E-state index < -0.39 is 0 Å². The zero-order valence-electron chi connectivity index (χ0n) is 28.1. The summed E-state index contributed by atoms with van der Waals surface area (Å²) in [5, 5.41) is 39.6. The predicted molar refractivity (Wildman–Crippen MR) is 185 cm³/mol. The van der Waals surface area contributed by atoms with Gasteiger partial charge < -0.3 is 34.6 Å². The lowest BCUT2D eigenvalue weighted by molar-refractivity contribution is 0.0911. The molecule has 0 radical (unpaired) electrons. The monoisotopic (exact) mass is 658 g/mol. The van der Waals surface area contributed by atoms with Gasteiger partial charge in [-0.25, -0.2) is 0 Å². The van der Waals surface area contributed by atoms with Crippen LogP contribution in [0.25, 0.3) is 0 Å². The molecule has 0 heterocycles.